The van der Waals surface area contributed by atoms with Crippen molar-refractivity contribution >= 4 is 17.3 Å². The number of carbonyl (C=O) groups is 1. The van der Waals surface area contributed by atoms with E-state index in [0.29, 0.717) is 12.5 Å². The summed E-state index contributed by atoms with van der Waals surface area (Å²) in [6, 6.07) is 4.45. The average molecular weight is 289 g/mol. The molecule has 6 nitrogen and oxygen atoms in total. The van der Waals surface area contributed by atoms with Gasteiger partial charge in [0.2, 0.25) is 0 Å². The summed E-state index contributed by atoms with van der Waals surface area (Å²) >= 11 is 0. The molecule has 2 fully saturated rings. The molecule has 112 valence electrons. The number of amides is 1. The zero-order chi connectivity index (χ0) is 15.0. The third kappa shape index (κ3) is 2.99. The zero-order valence-corrected chi connectivity index (χ0v) is 11.7. The number of carbonyl (C=O) groups excluding carboxylic acids is 1. The van der Waals surface area contributed by atoms with Gasteiger partial charge in [0, 0.05) is 6.54 Å². The van der Waals surface area contributed by atoms with Crippen molar-refractivity contribution < 1.29 is 9.72 Å². The number of nitrogens with two attached hydrogens (primary N) is 1. The fourth-order valence-electron chi connectivity index (χ4n) is 3.02. The van der Waals surface area contributed by atoms with E-state index in [4.69, 9.17) is 5.73 Å². The second-order valence-corrected chi connectivity index (χ2v) is 6.05. The van der Waals surface area contributed by atoms with E-state index in [-0.39, 0.29) is 16.9 Å². The van der Waals surface area contributed by atoms with Crippen LogP contribution < -0.4 is 11.1 Å². The van der Waals surface area contributed by atoms with Crippen LogP contribution in [0.25, 0.3) is 0 Å². The minimum Gasteiger partial charge on any atom is -0.393 e. The van der Waals surface area contributed by atoms with E-state index in [2.05, 4.69) is 5.32 Å². The molecule has 0 unspecified atom stereocenters. The molecule has 1 amide bonds. The summed E-state index contributed by atoms with van der Waals surface area (Å²) in [6.07, 6.45) is 4.98. The summed E-state index contributed by atoms with van der Waals surface area (Å²) in [5.74, 6) is 1.59. The number of nitrogens with zero attached hydrogens (tertiary/aromatic N) is 1. The van der Waals surface area contributed by atoms with Crippen LogP contribution in [0.3, 0.4) is 0 Å². The van der Waals surface area contributed by atoms with E-state index in [1.54, 1.807) is 6.07 Å². The molecule has 3 N–H and O–H groups in total. The molecular weight excluding hydrogens is 270 g/mol. The Labute approximate surface area is 122 Å². The lowest BCUT2D eigenvalue weighted by Gasteiger charge is -2.16. The van der Waals surface area contributed by atoms with Crippen LogP contribution in [0.2, 0.25) is 0 Å². The molecule has 3 rings (SSSR count). The Balaban J connectivity index is 1.70. The molecule has 2 saturated carbocycles. The summed E-state index contributed by atoms with van der Waals surface area (Å²) in [4.78, 5) is 22.7. The van der Waals surface area contributed by atoms with Crippen molar-refractivity contribution in [2.75, 3.05) is 12.3 Å². The molecule has 1 aromatic carbocycles. The number of nitrogens with one attached hydrogen (secondary N) is 1. The number of para-hydroxylation sites is 1. The first-order chi connectivity index (χ1) is 10.1. The van der Waals surface area contributed by atoms with Crippen molar-refractivity contribution in [2.24, 2.45) is 17.8 Å². The van der Waals surface area contributed by atoms with Crippen LogP contribution in [0.15, 0.2) is 18.2 Å². The maximum absolute atomic E-state index is 12.2. The highest BCUT2D eigenvalue weighted by Crippen LogP contribution is 2.48. The van der Waals surface area contributed by atoms with Crippen molar-refractivity contribution in [3.8, 4) is 0 Å². The predicted octanol–water partition coefficient (Wildman–Crippen LogP) is 2.34. The zero-order valence-electron chi connectivity index (χ0n) is 11.7. The van der Waals surface area contributed by atoms with Crippen molar-refractivity contribution in [1.82, 2.24) is 5.32 Å². The van der Waals surface area contributed by atoms with Gasteiger partial charge in [0.15, 0.2) is 0 Å². The highest BCUT2D eigenvalue weighted by atomic mass is 16.6. The normalized spacial score (nSPS) is 17.8. The van der Waals surface area contributed by atoms with Gasteiger partial charge in [0.1, 0.15) is 11.3 Å². The van der Waals surface area contributed by atoms with E-state index < -0.39 is 10.8 Å². The number of hydrogen-bond donors (Lipinski definition) is 2. The molecule has 0 spiro atoms. The number of hydrogen-bond acceptors (Lipinski definition) is 4. The van der Waals surface area contributed by atoms with Gasteiger partial charge in [-0.1, -0.05) is 6.07 Å². The first-order valence-corrected chi connectivity index (χ1v) is 7.39. The van der Waals surface area contributed by atoms with Gasteiger partial charge in [-0.05, 0) is 55.6 Å². The molecule has 0 heterocycles. The third-order valence-corrected chi connectivity index (χ3v) is 4.45. The molecule has 0 radical (unpaired) electrons. The summed E-state index contributed by atoms with van der Waals surface area (Å²) in [5, 5.41) is 13.9. The minimum absolute atomic E-state index is 0.0218. The first-order valence-electron chi connectivity index (χ1n) is 7.39. The number of benzene rings is 1. The van der Waals surface area contributed by atoms with Gasteiger partial charge < -0.3 is 11.1 Å². The van der Waals surface area contributed by atoms with Crippen LogP contribution in [0.5, 0.6) is 0 Å². The van der Waals surface area contributed by atoms with Crippen LogP contribution in [0, 0.1) is 27.9 Å². The lowest BCUT2D eigenvalue weighted by atomic mass is 9.98. The second kappa shape index (κ2) is 5.35. The van der Waals surface area contributed by atoms with Crippen LogP contribution >= 0.6 is 0 Å². The third-order valence-electron chi connectivity index (χ3n) is 4.45. The molecule has 0 saturated heterocycles. The molecule has 0 atom stereocenters. The smallest absolute Gasteiger partial charge is 0.304 e. The Hall–Kier alpha value is -2.11. The maximum Gasteiger partial charge on any atom is 0.304 e. The number of nitro benzene ring substituents is 1. The highest BCUT2D eigenvalue weighted by Gasteiger charge is 2.41. The number of anilines is 1. The molecule has 2 aliphatic rings. The topological polar surface area (TPSA) is 98.3 Å². The van der Waals surface area contributed by atoms with Crippen LogP contribution in [0.1, 0.15) is 36.0 Å². The fourth-order valence-corrected chi connectivity index (χ4v) is 3.02. The lowest BCUT2D eigenvalue weighted by molar-refractivity contribution is -0.384. The Morgan fingerprint density at radius 1 is 1.33 bits per heavy atom. The molecule has 6 heteroatoms. The minimum atomic E-state index is -0.594. The van der Waals surface area contributed by atoms with Crippen molar-refractivity contribution in [1.29, 1.82) is 0 Å². The van der Waals surface area contributed by atoms with Gasteiger partial charge in [0.25, 0.3) is 5.91 Å². The average Bonchev–Trinajstić information content (AvgIpc) is 3.31. The van der Waals surface area contributed by atoms with Gasteiger partial charge in [-0.2, -0.15) is 0 Å². The van der Waals surface area contributed by atoms with Gasteiger partial charge in [-0.3, -0.25) is 14.9 Å². The van der Waals surface area contributed by atoms with E-state index in [0.717, 1.165) is 11.8 Å². The molecular formula is C15H19N3O3. The van der Waals surface area contributed by atoms with Crippen LogP contribution in [-0.2, 0) is 0 Å². The Kier molecular flexibility index (Phi) is 3.53. The molecule has 1 aromatic rings. The molecule has 2 aliphatic carbocycles. The van der Waals surface area contributed by atoms with E-state index in [9.17, 15) is 14.9 Å². The fraction of sp³-hybridized carbons (Fsp3) is 0.533. The SMILES string of the molecule is Nc1cccc(C(=O)NCC(C2CC2)C2CC2)c1[N+](=O)[O-]. The first kappa shape index (κ1) is 13.9. The van der Waals surface area contributed by atoms with Gasteiger partial charge in [-0.15, -0.1) is 0 Å². The highest BCUT2D eigenvalue weighted by molar-refractivity contribution is 6.00. The largest absolute Gasteiger partial charge is 0.393 e. The quantitative estimate of drug-likeness (QED) is 0.477. The van der Waals surface area contributed by atoms with E-state index in [1.807, 2.05) is 0 Å². The number of rotatable bonds is 6. The summed E-state index contributed by atoms with van der Waals surface area (Å²) in [6.45, 7) is 0.611. The second-order valence-electron chi connectivity index (χ2n) is 6.05. The van der Waals surface area contributed by atoms with Crippen molar-refractivity contribution in [3.63, 3.8) is 0 Å². The maximum atomic E-state index is 12.2. The Morgan fingerprint density at radius 3 is 2.48 bits per heavy atom. The summed E-state index contributed by atoms with van der Waals surface area (Å²) in [7, 11) is 0. The number of nitrogen functional groups attached to an aromatic ring is 1. The summed E-state index contributed by atoms with van der Waals surface area (Å²) in [5.41, 5.74) is 5.38. The van der Waals surface area contributed by atoms with Crippen LogP contribution in [0.4, 0.5) is 11.4 Å². The molecule has 0 aliphatic heterocycles. The molecule has 0 bridgehead atoms. The lowest BCUT2D eigenvalue weighted by Crippen LogP contribution is -2.31. The van der Waals surface area contributed by atoms with Crippen molar-refractivity contribution in [3.05, 3.63) is 33.9 Å². The molecule has 21 heavy (non-hydrogen) atoms. The Bertz CT molecular complexity index is 568. The van der Waals surface area contributed by atoms with Crippen LogP contribution in [-0.4, -0.2) is 17.4 Å². The van der Waals surface area contributed by atoms with Gasteiger partial charge >= 0.3 is 5.69 Å². The van der Waals surface area contributed by atoms with Crippen molar-refractivity contribution in [2.45, 2.75) is 25.7 Å². The Morgan fingerprint density at radius 2 is 1.95 bits per heavy atom. The molecule has 0 aromatic heterocycles. The monoisotopic (exact) mass is 289 g/mol. The van der Waals surface area contributed by atoms with Gasteiger partial charge in [-0.25, -0.2) is 0 Å². The van der Waals surface area contributed by atoms with E-state index >= 15 is 0 Å². The summed E-state index contributed by atoms with van der Waals surface area (Å²) < 4.78 is 0. The van der Waals surface area contributed by atoms with Gasteiger partial charge in [0.05, 0.1) is 4.92 Å². The number of nitro groups is 1. The standard InChI is InChI=1S/C15H19N3O3/c16-13-3-1-2-11(14(13)18(20)21)15(19)17-8-12(9-4-5-9)10-6-7-10/h1-3,9-10,12H,4-8,16H2,(H,17,19). The predicted molar refractivity (Wildman–Crippen MR) is 78.8 cm³/mol. The van der Waals surface area contributed by atoms with E-state index in [1.165, 1.54) is 37.8 Å².